The molecular weight excluding hydrogens is 320 g/mol. The normalized spacial score (nSPS) is 18.7. The molecule has 0 unspecified atom stereocenters. The number of hydrogen-bond donors (Lipinski definition) is 1. The van der Waals surface area contributed by atoms with E-state index in [0.717, 1.165) is 28.2 Å². The van der Waals surface area contributed by atoms with E-state index in [-0.39, 0.29) is 18.6 Å². The lowest BCUT2D eigenvalue weighted by atomic mass is 10.1. The fourth-order valence-electron chi connectivity index (χ4n) is 2.73. The molecule has 1 amide bonds. The Labute approximate surface area is 125 Å². The third-order valence-corrected chi connectivity index (χ3v) is 4.65. The topological polar surface area (TPSA) is 53.4 Å². The number of aliphatic hydroxyl groups is 1. The number of fused-ring (bicyclic) bond motifs is 1. The molecular formula is C15H15BrN2O2. The van der Waals surface area contributed by atoms with Crippen molar-refractivity contribution in [3.05, 3.63) is 40.5 Å². The van der Waals surface area contributed by atoms with Gasteiger partial charge < -0.3 is 10.0 Å². The number of aliphatic hydroxyl groups excluding tert-OH is 1. The van der Waals surface area contributed by atoms with Gasteiger partial charge in [-0.1, -0.05) is 6.07 Å². The van der Waals surface area contributed by atoms with Crippen LogP contribution in [-0.4, -0.2) is 40.1 Å². The molecule has 104 valence electrons. The minimum atomic E-state index is -0.0565. The largest absolute Gasteiger partial charge is 0.394 e. The van der Waals surface area contributed by atoms with Crippen molar-refractivity contribution in [3.8, 4) is 0 Å². The molecule has 0 aliphatic carbocycles. The van der Waals surface area contributed by atoms with Crippen molar-refractivity contribution in [2.24, 2.45) is 0 Å². The van der Waals surface area contributed by atoms with E-state index in [1.54, 1.807) is 17.2 Å². The summed E-state index contributed by atoms with van der Waals surface area (Å²) in [6, 6.07) is 7.40. The Bertz CT molecular complexity index is 659. The fraction of sp³-hybridized carbons (Fsp3) is 0.333. The van der Waals surface area contributed by atoms with Crippen LogP contribution in [0.2, 0.25) is 0 Å². The Hall–Kier alpha value is -1.46. The van der Waals surface area contributed by atoms with Crippen molar-refractivity contribution >= 4 is 32.7 Å². The smallest absolute Gasteiger partial charge is 0.255 e. The highest BCUT2D eigenvalue weighted by atomic mass is 79.9. The molecule has 1 fully saturated rings. The van der Waals surface area contributed by atoms with Crippen molar-refractivity contribution in [2.75, 3.05) is 13.2 Å². The van der Waals surface area contributed by atoms with E-state index in [1.807, 2.05) is 18.2 Å². The zero-order valence-electron chi connectivity index (χ0n) is 10.9. The van der Waals surface area contributed by atoms with E-state index >= 15 is 0 Å². The summed E-state index contributed by atoms with van der Waals surface area (Å²) in [6.45, 7) is 0.736. The van der Waals surface area contributed by atoms with Crippen LogP contribution in [0, 0.1) is 0 Å². The Morgan fingerprint density at radius 1 is 1.45 bits per heavy atom. The molecule has 1 aromatic heterocycles. The maximum Gasteiger partial charge on any atom is 0.255 e. The molecule has 1 saturated heterocycles. The van der Waals surface area contributed by atoms with Crippen LogP contribution in [0.4, 0.5) is 0 Å². The van der Waals surface area contributed by atoms with E-state index in [2.05, 4.69) is 20.9 Å². The van der Waals surface area contributed by atoms with Crippen LogP contribution < -0.4 is 0 Å². The van der Waals surface area contributed by atoms with Crippen molar-refractivity contribution in [1.29, 1.82) is 0 Å². The number of aromatic nitrogens is 1. The second-order valence-electron chi connectivity index (χ2n) is 4.97. The van der Waals surface area contributed by atoms with E-state index < -0.39 is 0 Å². The van der Waals surface area contributed by atoms with Gasteiger partial charge in [-0.05, 0) is 47.0 Å². The highest BCUT2D eigenvalue weighted by molar-refractivity contribution is 9.10. The molecule has 20 heavy (non-hydrogen) atoms. The average Bonchev–Trinajstić information content (AvgIpc) is 2.96. The van der Waals surface area contributed by atoms with Crippen LogP contribution in [-0.2, 0) is 0 Å². The predicted octanol–water partition coefficient (Wildman–Crippen LogP) is 2.59. The standard InChI is InChI=1S/C15H15BrN2O2/c16-14-11-4-1-7-17-13(11)6-5-12(14)15(20)18-8-2-3-10(18)9-19/h1,4-7,10,19H,2-3,8-9H2/t10-/m0/s1. The molecule has 0 radical (unpaired) electrons. The second kappa shape index (κ2) is 5.50. The molecule has 0 bridgehead atoms. The van der Waals surface area contributed by atoms with Gasteiger partial charge in [0.1, 0.15) is 0 Å². The fourth-order valence-corrected chi connectivity index (χ4v) is 3.37. The third-order valence-electron chi connectivity index (χ3n) is 3.80. The lowest BCUT2D eigenvalue weighted by molar-refractivity contribution is 0.0677. The number of amides is 1. The number of nitrogens with zero attached hydrogens (tertiary/aromatic N) is 2. The summed E-state index contributed by atoms with van der Waals surface area (Å²) < 4.78 is 0.775. The second-order valence-corrected chi connectivity index (χ2v) is 5.77. The molecule has 1 N–H and O–H groups in total. The van der Waals surface area contributed by atoms with Gasteiger partial charge in [0.15, 0.2) is 0 Å². The van der Waals surface area contributed by atoms with Gasteiger partial charge in [0.2, 0.25) is 0 Å². The van der Waals surface area contributed by atoms with E-state index in [1.165, 1.54) is 0 Å². The molecule has 1 atom stereocenters. The summed E-state index contributed by atoms with van der Waals surface area (Å²) in [5.74, 6) is -0.0285. The highest BCUT2D eigenvalue weighted by Crippen LogP contribution is 2.29. The number of carbonyl (C=O) groups is 1. The van der Waals surface area contributed by atoms with Crippen molar-refractivity contribution in [1.82, 2.24) is 9.88 Å². The summed E-state index contributed by atoms with van der Waals surface area (Å²) in [7, 11) is 0. The van der Waals surface area contributed by atoms with E-state index in [0.29, 0.717) is 12.1 Å². The quantitative estimate of drug-likeness (QED) is 0.918. The minimum absolute atomic E-state index is 0.0263. The summed E-state index contributed by atoms with van der Waals surface area (Å²) in [5.41, 5.74) is 1.49. The first-order chi connectivity index (χ1) is 9.72. The molecule has 1 aliphatic heterocycles. The average molecular weight is 335 g/mol. The lowest BCUT2D eigenvalue weighted by Gasteiger charge is -2.23. The Balaban J connectivity index is 2.01. The molecule has 1 aliphatic rings. The van der Waals surface area contributed by atoms with Gasteiger partial charge in [0, 0.05) is 22.6 Å². The number of pyridine rings is 1. The predicted molar refractivity (Wildman–Crippen MR) is 80.6 cm³/mol. The number of likely N-dealkylation sites (tertiary alicyclic amines) is 1. The monoisotopic (exact) mass is 334 g/mol. The summed E-state index contributed by atoms with van der Waals surface area (Å²) in [5, 5.41) is 10.3. The first-order valence-electron chi connectivity index (χ1n) is 6.67. The summed E-state index contributed by atoms with van der Waals surface area (Å²) in [4.78, 5) is 18.7. The van der Waals surface area contributed by atoms with Gasteiger partial charge in [0.25, 0.3) is 5.91 Å². The zero-order valence-corrected chi connectivity index (χ0v) is 12.5. The van der Waals surface area contributed by atoms with Crippen LogP contribution in [0.25, 0.3) is 10.9 Å². The Morgan fingerprint density at radius 2 is 2.30 bits per heavy atom. The number of hydrogen-bond acceptors (Lipinski definition) is 3. The molecule has 3 rings (SSSR count). The van der Waals surface area contributed by atoms with E-state index in [4.69, 9.17) is 0 Å². The van der Waals surface area contributed by atoms with Gasteiger partial charge in [-0.3, -0.25) is 9.78 Å². The molecule has 0 spiro atoms. The van der Waals surface area contributed by atoms with Gasteiger partial charge in [-0.15, -0.1) is 0 Å². The molecule has 2 aromatic rings. The summed E-state index contributed by atoms with van der Waals surface area (Å²) >= 11 is 3.52. The van der Waals surface area contributed by atoms with Gasteiger partial charge in [-0.25, -0.2) is 0 Å². The number of rotatable bonds is 2. The number of benzene rings is 1. The minimum Gasteiger partial charge on any atom is -0.394 e. The molecule has 2 heterocycles. The van der Waals surface area contributed by atoms with Crippen molar-refractivity contribution < 1.29 is 9.90 Å². The van der Waals surface area contributed by atoms with E-state index in [9.17, 15) is 9.90 Å². The SMILES string of the molecule is O=C(c1ccc2ncccc2c1Br)N1CCC[C@H]1CO. The van der Waals surface area contributed by atoms with Gasteiger partial charge >= 0.3 is 0 Å². The number of carbonyl (C=O) groups excluding carboxylic acids is 1. The van der Waals surface area contributed by atoms with Crippen LogP contribution in [0.15, 0.2) is 34.9 Å². The van der Waals surface area contributed by atoms with Crippen LogP contribution in [0.3, 0.4) is 0 Å². The van der Waals surface area contributed by atoms with Crippen molar-refractivity contribution in [2.45, 2.75) is 18.9 Å². The van der Waals surface area contributed by atoms with Gasteiger partial charge in [-0.2, -0.15) is 0 Å². The lowest BCUT2D eigenvalue weighted by Crippen LogP contribution is -2.37. The maximum atomic E-state index is 12.6. The maximum absolute atomic E-state index is 12.6. The van der Waals surface area contributed by atoms with Gasteiger partial charge in [0.05, 0.1) is 23.7 Å². The van der Waals surface area contributed by atoms with Crippen LogP contribution in [0.5, 0.6) is 0 Å². The highest BCUT2D eigenvalue weighted by Gasteiger charge is 2.29. The molecule has 1 aromatic carbocycles. The third kappa shape index (κ3) is 2.21. The summed E-state index contributed by atoms with van der Waals surface area (Å²) in [6.07, 6.45) is 3.55. The molecule has 5 heteroatoms. The molecule has 4 nitrogen and oxygen atoms in total. The van der Waals surface area contributed by atoms with Crippen LogP contribution >= 0.6 is 15.9 Å². The van der Waals surface area contributed by atoms with Crippen LogP contribution in [0.1, 0.15) is 23.2 Å². The number of halogens is 1. The molecule has 0 saturated carbocycles. The first-order valence-corrected chi connectivity index (χ1v) is 7.46. The zero-order chi connectivity index (χ0) is 14.1. The Kier molecular flexibility index (Phi) is 3.72. The first kappa shape index (κ1) is 13.5. The van der Waals surface area contributed by atoms with Crippen molar-refractivity contribution in [3.63, 3.8) is 0 Å². The Morgan fingerprint density at radius 3 is 3.10 bits per heavy atom.